The molecule has 3 nitrogen and oxygen atoms in total. The van der Waals surface area contributed by atoms with E-state index < -0.39 is 0 Å². The molecule has 108 valence electrons. The van der Waals surface area contributed by atoms with Crippen molar-refractivity contribution >= 4 is 29.1 Å². The maximum absolute atomic E-state index is 12.1. The summed E-state index contributed by atoms with van der Waals surface area (Å²) in [4.78, 5) is 24.6. The van der Waals surface area contributed by atoms with E-state index in [1.165, 1.54) is 23.8 Å². The fourth-order valence-electron chi connectivity index (χ4n) is 1.84. The van der Waals surface area contributed by atoms with Crippen LogP contribution in [-0.4, -0.2) is 11.7 Å². The number of allylic oxidation sites excluding steroid dienone is 1. The van der Waals surface area contributed by atoms with E-state index in [4.69, 9.17) is 0 Å². The molecular formula is C17H17NO2S. The summed E-state index contributed by atoms with van der Waals surface area (Å²) in [5.41, 5.74) is 2.18. The number of carbonyl (C=O) groups is 2. The number of carbonyl (C=O) groups excluding carboxylic acids is 2. The monoisotopic (exact) mass is 299 g/mol. The highest BCUT2D eigenvalue weighted by atomic mass is 32.1. The molecule has 0 spiro atoms. The standard InChI is InChI=1S/C17H17NO2S/c1-12-4-3-5-14(10-12)6-8-16(20)17-9-7-15(21-17)11-18-13(2)19/h3-10H,11H2,1-2H3,(H,18,19). The lowest BCUT2D eigenvalue weighted by Crippen LogP contribution is -2.18. The van der Waals surface area contributed by atoms with Crippen molar-refractivity contribution in [1.29, 1.82) is 0 Å². The molecular weight excluding hydrogens is 282 g/mol. The Labute approximate surface area is 128 Å². The summed E-state index contributed by atoms with van der Waals surface area (Å²) in [5.74, 6) is -0.0915. The van der Waals surface area contributed by atoms with Crippen molar-refractivity contribution in [1.82, 2.24) is 5.32 Å². The van der Waals surface area contributed by atoms with Gasteiger partial charge in [-0.15, -0.1) is 11.3 Å². The zero-order valence-electron chi connectivity index (χ0n) is 12.1. The highest BCUT2D eigenvalue weighted by molar-refractivity contribution is 7.14. The minimum Gasteiger partial charge on any atom is -0.351 e. The molecule has 0 aliphatic carbocycles. The molecule has 1 aromatic heterocycles. The highest BCUT2D eigenvalue weighted by Crippen LogP contribution is 2.18. The summed E-state index contributed by atoms with van der Waals surface area (Å²) in [5, 5.41) is 2.72. The zero-order chi connectivity index (χ0) is 15.2. The average Bonchev–Trinajstić information content (AvgIpc) is 2.91. The molecule has 2 rings (SSSR count). The first-order valence-corrected chi connectivity index (χ1v) is 7.48. The minimum absolute atomic E-state index is 0.0180. The van der Waals surface area contributed by atoms with Gasteiger partial charge in [-0.2, -0.15) is 0 Å². The molecule has 2 aromatic rings. The second-order valence-corrected chi connectivity index (χ2v) is 5.96. The van der Waals surface area contributed by atoms with Gasteiger partial charge in [0.25, 0.3) is 0 Å². The lowest BCUT2D eigenvalue weighted by molar-refractivity contribution is -0.119. The van der Waals surface area contributed by atoms with Crippen LogP contribution in [0.3, 0.4) is 0 Å². The molecule has 1 amide bonds. The van der Waals surface area contributed by atoms with Gasteiger partial charge < -0.3 is 5.32 Å². The van der Waals surface area contributed by atoms with Gasteiger partial charge in [-0.05, 0) is 30.7 Å². The smallest absolute Gasteiger partial charge is 0.217 e. The van der Waals surface area contributed by atoms with E-state index in [1.807, 2.05) is 43.3 Å². The van der Waals surface area contributed by atoms with E-state index in [2.05, 4.69) is 5.32 Å². The number of ketones is 1. The Morgan fingerprint density at radius 1 is 1.24 bits per heavy atom. The molecule has 21 heavy (non-hydrogen) atoms. The van der Waals surface area contributed by atoms with E-state index in [-0.39, 0.29) is 11.7 Å². The first-order valence-electron chi connectivity index (χ1n) is 6.67. The molecule has 4 heteroatoms. The molecule has 1 heterocycles. The van der Waals surface area contributed by atoms with Crippen molar-refractivity contribution < 1.29 is 9.59 Å². The molecule has 0 atom stereocenters. The normalized spacial score (nSPS) is 10.8. The fourth-order valence-corrected chi connectivity index (χ4v) is 2.71. The maximum atomic E-state index is 12.1. The number of amides is 1. The van der Waals surface area contributed by atoms with Crippen molar-refractivity contribution in [2.75, 3.05) is 0 Å². The van der Waals surface area contributed by atoms with Crippen LogP contribution in [0.2, 0.25) is 0 Å². The SMILES string of the molecule is CC(=O)NCc1ccc(C(=O)C=Cc2cccc(C)c2)s1. The third-order valence-electron chi connectivity index (χ3n) is 2.89. The van der Waals surface area contributed by atoms with Crippen molar-refractivity contribution in [3.8, 4) is 0 Å². The minimum atomic E-state index is -0.0735. The van der Waals surface area contributed by atoms with Crippen LogP contribution >= 0.6 is 11.3 Å². The molecule has 0 saturated carbocycles. The Bertz CT molecular complexity index is 686. The van der Waals surface area contributed by atoms with E-state index in [0.29, 0.717) is 11.4 Å². The van der Waals surface area contributed by atoms with Crippen molar-refractivity contribution in [2.24, 2.45) is 0 Å². The summed E-state index contributed by atoms with van der Waals surface area (Å²) in [6, 6.07) is 11.6. The largest absolute Gasteiger partial charge is 0.351 e. The molecule has 0 unspecified atom stereocenters. The third kappa shape index (κ3) is 4.68. The number of aryl methyl sites for hydroxylation is 1. The van der Waals surface area contributed by atoms with Gasteiger partial charge in [0, 0.05) is 11.8 Å². The average molecular weight is 299 g/mol. The van der Waals surface area contributed by atoms with Crippen LogP contribution in [0.5, 0.6) is 0 Å². The lowest BCUT2D eigenvalue weighted by Gasteiger charge is -1.97. The van der Waals surface area contributed by atoms with Crippen molar-refractivity contribution in [3.63, 3.8) is 0 Å². The molecule has 0 aliphatic heterocycles. The van der Waals surface area contributed by atoms with Crippen molar-refractivity contribution in [2.45, 2.75) is 20.4 Å². The van der Waals surface area contributed by atoms with Gasteiger partial charge in [0.1, 0.15) is 0 Å². The highest BCUT2D eigenvalue weighted by Gasteiger charge is 2.06. The van der Waals surface area contributed by atoms with Gasteiger partial charge in [0.05, 0.1) is 11.4 Å². The van der Waals surface area contributed by atoms with Gasteiger partial charge in [0.2, 0.25) is 5.91 Å². The molecule has 0 fully saturated rings. The maximum Gasteiger partial charge on any atom is 0.217 e. The number of rotatable bonds is 5. The van der Waals surface area contributed by atoms with Gasteiger partial charge in [-0.3, -0.25) is 9.59 Å². The number of thiophene rings is 1. The summed E-state index contributed by atoms with van der Waals surface area (Å²) < 4.78 is 0. The first-order chi connectivity index (χ1) is 10.0. The quantitative estimate of drug-likeness (QED) is 0.677. The Morgan fingerprint density at radius 2 is 2.05 bits per heavy atom. The molecule has 0 aliphatic rings. The Hall–Kier alpha value is -2.20. The molecule has 0 saturated heterocycles. The zero-order valence-corrected chi connectivity index (χ0v) is 12.9. The van der Waals surface area contributed by atoms with Gasteiger partial charge >= 0.3 is 0 Å². The van der Waals surface area contributed by atoms with Crippen LogP contribution < -0.4 is 5.32 Å². The number of hydrogen-bond donors (Lipinski definition) is 1. The summed E-state index contributed by atoms with van der Waals surface area (Å²) in [6.45, 7) is 3.96. The van der Waals surface area contributed by atoms with Gasteiger partial charge in [0.15, 0.2) is 5.78 Å². The number of benzene rings is 1. The molecule has 1 N–H and O–H groups in total. The Balaban J connectivity index is 2.01. The number of nitrogens with one attached hydrogen (secondary N) is 1. The Morgan fingerprint density at radius 3 is 2.76 bits per heavy atom. The van der Waals surface area contributed by atoms with Crippen LogP contribution in [0.25, 0.3) is 6.08 Å². The summed E-state index contributed by atoms with van der Waals surface area (Å²) in [6.07, 6.45) is 3.41. The second kappa shape index (κ2) is 6.99. The summed E-state index contributed by atoms with van der Waals surface area (Å²) >= 11 is 1.41. The van der Waals surface area contributed by atoms with Gasteiger partial charge in [-0.1, -0.05) is 35.9 Å². The van der Waals surface area contributed by atoms with Crippen LogP contribution in [0, 0.1) is 6.92 Å². The molecule has 1 aromatic carbocycles. The van der Waals surface area contributed by atoms with Crippen LogP contribution in [0.1, 0.15) is 32.6 Å². The van der Waals surface area contributed by atoms with Gasteiger partial charge in [-0.25, -0.2) is 0 Å². The lowest BCUT2D eigenvalue weighted by atomic mass is 10.1. The predicted octanol–water partition coefficient (Wildman–Crippen LogP) is 3.59. The van der Waals surface area contributed by atoms with Crippen LogP contribution in [0.4, 0.5) is 0 Å². The van der Waals surface area contributed by atoms with Crippen LogP contribution in [-0.2, 0) is 11.3 Å². The van der Waals surface area contributed by atoms with E-state index in [9.17, 15) is 9.59 Å². The third-order valence-corrected chi connectivity index (χ3v) is 3.99. The Kier molecular flexibility index (Phi) is 5.06. The van der Waals surface area contributed by atoms with E-state index in [1.54, 1.807) is 12.1 Å². The fraction of sp³-hybridized carbons (Fsp3) is 0.176. The van der Waals surface area contributed by atoms with E-state index >= 15 is 0 Å². The summed E-state index contributed by atoms with van der Waals surface area (Å²) in [7, 11) is 0. The van der Waals surface area contributed by atoms with Crippen molar-refractivity contribution in [3.05, 3.63) is 63.4 Å². The topological polar surface area (TPSA) is 46.2 Å². The molecule has 0 bridgehead atoms. The number of hydrogen-bond acceptors (Lipinski definition) is 3. The van der Waals surface area contributed by atoms with E-state index in [0.717, 1.165) is 10.4 Å². The second-order valence-electron chi connectivity index (χ2n) is 4.79. The molecule has 0 radical (unpaired) electrons. The first kappa shape index (κ1) is 15.2. The van der Waals surface area contributed by atoms with Crippen LogP contribution in [0.15, 0.2) is 42.5 Å². The predicted molar refractivity (Wildman–Crippen MR) is 86.4 cm³/mol.